The third-order valence-corrected chi connectivity index (χ3v) is 5.35. The second-order valence-corrected chi connectivity index (χ2v) is 7.68. The van der Waals surface area contributed by atoms with Crippen LogP contribution in [0.2, 0.25) is 0 Å². The minimum atomic E-state index is -0.969. The lowest BCUT2D eigenvalue weighted by molar-refractivity contribution is -0.403. The molecule has 3 nitrogen and oxygen atoms in total. The molecule has 0 saturated carbocycles. The van der Waals surface area contributed by atoms with E-state index in [1.54, 1.807) is 12.1 Å². The lowest BCUT2D eigenvalue weighted by Crippen LogP contribution is -2.46. The van der Waals surface area contributed by atoms with Gasteiger partial charge in [0.1, 0.15) is 5.82 Å². The molecule has 4 heteroatoms. The highest BCUT2D eigenvalue weighted by molar-refractivity contribution is 5.16. The zero-order valence-electron chi connectivity index (χ0n) is 19.2. The fourth-order valence-electron chi connectivity index (χ4n) is 4.00. The number of hydrogen-bond acceptors (Lipinski definition) is 3. The molecule has 29 heavy (non-hydrogen) atoms. The molecule has 0 spiro atoms. The van der Waals surface area contributed by atoms with Crippen LogP contribution >= 0.6 is 0 Å². The third kappa shape index (κ3) is 10.1. The largest absolute Gasteiger partial charge is 0.328 e. The topological polar surface area (TPSA) is 27.7 Å². The van der Waals surface area contributed by atoms with Crippen molar-refractivity contribution in [3.63, 3.8) is 0 Å². The summed E-state index contributed by atoms with van der Waals surface area (Å²) in [5.74, 6) is -0.968. The molecule has 1 unspecified atom stereocenters. The van der Waals surface area contributed by atoms with Gasteiger partial charge in [-0.2, -0.15) is 0 Å². The molecule has 1 atom stereocenters. The number of unbranched alkanes of at least 4 members (excludes halogenated alkanes) is 5. The van der Waals surface area contributed by atoms with E-state index >= 15 is 0 Å². The van der Waals surface area contributed by atoms with Crippen molar-refractivity contribution >= 4 is 0 Å². The monoisotopic (exact) mass is 410 g/mol. The Labute approximate surface area is 178 Å². The molecule has 0 aromatic heterocycles. The summed E-state index contributed by atoms with van der Waals surface area (Å²) < 4.78 is 31.7. The average Bonchev–Trinajstić information content (AvgIpc) is 2.70. The first-order valence-electron chi connectivity index (χ1n) is 11.8. The standard InChI is InChI=1S/C25H43FO3/c1-5-9-10-11-12-13-18-23(25(27-6-2,28-7-3)29-8-4)19-14-16-22-17-15-20-24(26)21-22/h15,17,20-21,23H,5-14,16,18-19H2,1-4H3. The van der Waals surface area contributed by atoms with E-state index in [0.717, 1.165) is 37.7 Å². The van der Waals surface area contributed by atoms with Gasteiger partial charge in [-0.1, -0.05) is 57.6 Å². The van der Waals surface area contributed by atoms with Crippen molar-refractivity contribution in [3.05, 3.63) is 35.6 Å². The van der Waals surface area contributed by atoms with Crippen molar-refractivity contribution in [3.8, 4) is 0 Å². The lowest BCUT2D eigenvalue weighted by atomic mass is 9.91. The normalized spacial score (nSPS) is 13.0. The molecule has 0 bridgehead atoms. The summed E-state index contributed by atoms with van der Waals surface area (Å²) in [6, 6.07) is 6.90. The highest BCUT2D eigenvalue weighted by Crippen LogP contribution is 2.34. The quantitative estimate of drug-likeness (QED) is 0.188. The fraction of sp³-hybridized carbons (Fsp3) is 0.760. The van der Waals surface area contributed by atoms with E-state index in [1.807, 2.05) is 26.8 Å². The maximum atomic E-state index is 13.5. The predicted molar refractivity (Wildman–Crippen MR) is 118 cm³/mol. The number of hydrogen-bond donors (Lipinski definition) is 0. The summed E-state index contributed by atoms with van der Waals surface area (Å²) in [6.07, 6.45) is 11.3. The molecule has 0 amide bonds. The summed E-state index contributed by atoms with van der Waals surface area (Å²) in [5.41, 5.74) is 1.04. The van der Waals surface area contributed by atoms with Crippen LogP contribution < -0.4 is 0 Å². The van der Waals surface area contributed by atoms with E-state index in [1.165, 1.54) is 38.2 Å². The average molecular weight is 411 g/mol. The van der Waals surface area contributed by atoms with Crippen LogP contribution in [0.1, 0.15) is 91.0 Å². The molecule has 0 N–H and O–H groups in total. The van der Waals surface area contributed by atoms with E-state index in [9.17, 15) is 4.39 Å². The van der Waals surface area contributed by atoms with Crippen LogP contribution in [0.3, 0.4) is 0 Å². The number of aryl methyl sites for hydroxylation is 1. The van der Waals surface area contributed by atoms with E-state index in [2.05, 4.69) is 6.92 Å². The van der Waals surface area contributed by atoms with Crippen molar-refractivity contribution in [1.29, 1.82) is 0 Å². The zero-order valence-corrected chi connectivity index (χ0v) is 19.2. The molecule has 0 aliphatic heterocycles. The Morgan fingerprint density at radius 1 is 0.793 bits per heavy atom. The van der Waals surface area contributed by atoms with Crippen molar-refractivity contribution in [2.45, 2.75) is 97.9 Å². The molecule has 168 valence electrons. The molecule has 0 fully saturated rings. The van der Waals surface area contributed by atoms with Gasteiger partial charge < -0.3 is 14.2 Å². The minimum absolute atomic E-state index is 0.168. The fourth-order valence-corrected chi connectivity index (χ4v) is 4.00. The van der Waals surface area contributed by atoms with Gasteiger partial charge in [-0.05, 0) is 64.2 Å². The number of ether oxygens (including phenoxy) is 3. The molecule has 0 aliphatic carbocycles. The molecule has 0 aliphatic rings. The first kappa shape index (κ1) is 26.1. The Balaban J connectivity index is 2.75. The SMILES string of the molecule is CCCCCCCCC(CCCc1cccc(F)c1)C(OCC)(OCC)OCC. The summed E-state index contributed by atoms with van der Waals surface area (Å²) >= 11 is 0. The van der Waals surface area contributed by atoms with Gasteiger partial charge in [0, 0.05) is 25.7 Å². The Morgan fingerprint density at radius 3 is 1.97 bits per heavy atom. The summed E-state index contributed by atoms with van der Waals surface area (Å²) in [5, 5.41) is 0. The van der Waals surface area contributed by atoms with Crippen molar-refractivity contribution in [1.82, 2.24) is 0 Å². The predicted octanol–water partition coefficient (Wildman–Crippen LogP) is 7.28. The smallest absolute Gasteiger partial charge is 0.285 e. The molecular formula is C25H43FO3. The lowest BCUT2D eigenvalue weighted by Gasteiger charge is -2.39. The summed E-state index contributed by atoms with van der Waals surface area (Å²) in [6.45, 7) is 9.87. The number of benzene rings is 1. The highest BCUT2D eigenvalue weighted by Gasteiger charge is 2.41. The first-order chi connectivity index (χ1) is 14.1. The van der Waals surface area contributed by atoms with Gasteiger partial charge in [0.15, 0.2) is 0 Å². The van der Waals surface area contributed by atoms with Gasteiger partial charge in [-0.25, -0.2) is 4.39 Å². The second-order valence-electron chi connectivity index (χ2n) is 7.68. The van der Waals surface area contributed by atoms with E-state index in [4.69, 9.17) is 14.2 Å². The van der Waals surface area contributed by atoms with Crippen molar-refractivity contribution < 1.29 is 18.6 Å². The number of rotatable bonds is 18. The molecular weight excluding hydrogens is 367 g/mol. The van der Waals surface area contributed by atoms with Gasteiger partial charge in [0.2, 0.25) is 0 Å². The zero-order chi connectivity index (χ0) is 21.4. The Hall–Kier alpha value is -0.970. The maximum Gasteiger partial charge on any atom is 0.285 e. The van der Waals surface area contributed by atoms with Crippen LogP contribution in [-0.4, -0.2) is 25.8 Å². The van der Waals surface area contributed by atoms with E-state index < -0.39 is 5.97 Å². The minimum Gasteiger partial charge on any atom is -0.328 e. The van der Waals surface area contributed by atoms with Crippen LogP contribution in [-0.2, 0) is 20.6 Å². The van der Waals surface area contributed by atoms with Gasteiger partial charge in [-0.15, -0.1) is 0 Å². The van der Waals surface area contributed by atoms with E-state index in [-0.39, 0.29) is 11.7 Å². The molecule has 1 aromatic rings. The molecule has 0 heterocycles. The first-order valence-corrected chi connectivity index (χ1v) is 11.8. The van der Waals surface area contributed by atoms with Crippen molar-refractivity contribution in [2.75, 3.05) is 19.8 Å². The van der Waals surface area contributed by atoms with Gasteiger partial charge in [-0.3, -0.25) is 0 Å². The molecule has 0 saturated heterocycles. The Kier molecular flexibility index (Phi) is 14.2. The van der Waals surface area contributed by atoms with Crippen LogP contribution in [0.5, 0.6) is 0 Å². The van der Waals surface area contributed by atoms with Crippen LogP contribution in [0, 0.1) is 11.7 Å². The van der Waals surface area contributed by atoms with Gasteiger partial charge in [0.05, 0.1) is 0 Å². The van der Waals surface area contributed by atoms with Crippen molar-refractivity contribution in [2.24, 2.45) is 5.92 Å². The van der Waals surface area contributed by atoms with Gasteiger partial charge >= 0.3 is 0 Å². The van der Waals surface area contributed by atoms with E-state index in [0.29, 0.717) is 19.8 Å². The van der Waals surface area contributed by atoms with Crippen LogP contribution in [0.15, 0.2) is 24.3 Å². The second kappa shape index (κ2) is 15.8. The highest BCUT2D eigenvalue weighted by atomic mass is 19.1. The third-order valence-electron chi connectivity index (χ3n) is 5.35. The number of halogens is 1. The molecule has 1 rings (SSSR count). The summed E-state index contributed by atoms with van der Waals surface area (Å²) in [7, 11) is 0. The van der Waals surface area contributed by atoms with Crippen LogP contribution in [0.4, 0.5) is 4.39 Å². The Morgan fingerprint density at radius 2 is 1.38 bits per heavy atom. The molecule has 0 radical (unpaired) electrons. The summed E-state index contributed by atoms with van der Waals surface area (Å²) in [4.78, 5) is 0. The van der Waals surface area contributed by atoms with Gasteiger partial charge in [0.25, 0.3) is 5.97 Å². The maximum absolute atomic E-state index is 13.5. The van der Waals surface area contributed by atoms with Crippen LogP contribution in [0.25, 0.3) is 0 Å². The molecule has 1 aromatic carbocycles. The Bertz CT molecular complexity index is 504.